The van der Waals surface area contributed by atoms with Crippen molar-refractivity contribution in [2.24, 2.45) is 5.92 Å². The van der Waals surface area contributed by atoms with Gasteiger partial charge in [-0.1, -0.05) is 25.0 Å². The summed E-state index contributed by atoms with van der Waals surface area (Å²) in [6, 6.07) is 0.00531. The summed E-state index contributed by atoms with van der Waals surface area (Å²) < 4.78 is 10.8. The molecule has 0 spiro atoms. The molecule has 12 heavy (non-hydrogen) atoms. The standard InChI is InChI=1S/C8H17NO2S/c1-6(2)8(10)9-7(3)5-12(4)11/h6-7H,5H2,1-4H3,(H,9,10). The van der Waals surface area contributed by atoms with Crippen LogP contribution in [0.5, 0.6) is 0 Å². The highest BCUT2D eigenvalue weighted by molar-refractivity contribution is 7.90. The molecule has 0 saturated heterocycles. The van der Waals surface area contributed by atoms with E-state index in [1.54, 1.807) is 6.26 Å². The van der Waals surface area contributed by atoms with Crippen molar-refractivity contribution in [1.82, 2.24) is 5.32 Å². The summed E-state index contributed by atoms with van der Waals surface area (Å²) in [5.74, 6) is 0.545. The highest BCUT2D eigenvalue weighted by Crippen LogP contribution is 1.95. The fourth-order valence-electron chi connectivity index (χ4n) is 0.803. The predicted molar refractivity (Wildman–Crippen MR) is 51.4 cm³/mol. The third-order valence-corrected chi connectivity index (χ3v) is 2.37. The first-order chi connectivity index (χ1) is 5.43. The fourth-order valence-corrected chi connectivity index (χ4v) is 1.59. The largest absolute Gasteiger partial charge is 0.616 e. The molecule has 0 aliphatic carbocycles. The smallest absolute Gasteiger partial charge is 0.222 e. The second-order valence-corrected chi connectivity index (χ2v) is 4.78. The minimum absolute atomic E-state index is 0.00209. The molecule has 0 aromatic carbocycles. The van der Waals surface area contributed by atoms with Gasteiger partial charge in [0.1, 0.15) is 5.75 Å². The van der Waals surface area contributed by atoms with E-state index in [0.29, 0.717) is 5.75 Å². The summed E-state index contributed by atoms with van der Waals surface area (Å²) in [5, 5.41) is 2.78. The molecule has 0 aromatic heterocycles. The first kappa shape index (κ1) is 11.8. The maximum atomic E-state index is 11.1. The number of rotatable bonds is 4. The third kappa shape index (κ3) is 5.43. The van der Waals surface area contributed by atoms with E-state index < -0.39 is 11.2 Å². The second-order valence-electron chi connectivity index (χ2n) is 3.30. The molecule has 3 nitrogen and oxygen atoms in total. The van der Waals surface area contributed by atoms with Gasteiger partial charge in [-0.2, -0.15) is 0 Å². The summed E-state index contributed by atoms with van der Waals surface area (Å²) in [6.45, 7) is 5.54. The first-order valence-corrected chi connectivity index (χ1v) is 5.76. The molecule has 2 atom stereocenters. The quantitative estimate of drug-likeness (QED) is 0.659. The Morgan fingerprint density at radius 3 is 2.33 bits per heavy atom. The summed E-state index contributed by atoms with van der Waals surface area (Å²) in [4.78, 5) is 11.1. The Hall–Kier alpha value is -0.220. The Morgan fingerprint density at radius 2 is 2.00 bits per heavy atom. The van der Waals surface area contributed by atoms with E-state index >= 15 is 0 Å². The van der Waals surface area contributed by atoms with E-state index in [0.717, 1.165) is 0 Å². The lowest BCUT2D eigenvalue weighted by molar-refractivity contribution is -0.124. The van der Waals surface area contributed by atoms with Crippen LogP contribution in [0, 0.1) is 5.92 Å². The minimum Gasteiger partial charge on any atom is -0.616 e. The number of nitrogens with one attached hydrogen (secondary N) is 1. The van der Waals surface area contributed by atoms with Crippen molar-refractivity contribution in [2.75, 3.05) is 12.0 Å². The molecular weight excluding hydrogens is 174 g/mol. The maximum Gasteiger partial charge on any atom is 0.222 e. The topological polar surface area (TPSA) is 52.2 Å². The van der Waals surface area contributed by atoms with E-state index in [1.807, 2.05) is 20.8 Å². The van der Waals surface area contributed by atoms with Crippen LogP contribution in [0.25, 0.3) is 0 Å². The highest BCUT2D eigenvalue weighted by Gasteiger charge is 2.13. The van der Waals surface area contributed by atoms with Gasteiger partial charge in [0.05, 0.1) is 12.3 Å². The van der Waals surface area contributed by atoms with Crippen molar-refractivity contribution in [1.29, 1.82) is 0 Å². The van der Waals surface area contributed by atoms with Crippen LogP contribution < -0.4 is 5.32 Å². The molecule has 1 amide bonds. The predicted octanol–water partition coefficient (Wildman–Crippen LogP) is 0.526. The van der Waals surface area contributed by atoms with E-state index in [4.69, 9.17) is 0 Å². The first-order valence-electron chi connectivity index (χ1n) is 4.04. The molecule has 4 heteroatoms. The average molecular weight is 191 g/mol. The Morgan fingerprint density at radius 1 is 1.50 bits per heavy atom. The average Bonchev–Trinajstić information content (AvgIpc) is 1.84. The Labute approximate surface area is 77.1 Å². The molecule has 0 aromatic rings. The number of hydrogen-bond donors (Lipinski definition) is 1. The van der Waals surface area contributed by atoms with E-state index in [1.165, 1.54) is 0 Å². The van der Waals surface area contributed by atoms with Crippen molar-refractivity contribution in [3.8, 4) is 0 Å². The Bertz CT molecular complexity index is 148. The molecule has 0 fully saturated rings. The number of carbonyl (C=O) groups is 1. The van der Waals surface area contributed by atoms with E-state index in [-0.39, 0.29) is 17.9 Å². The molecule has 2 unspecified atom stereocenters. The van der Waals surface area contributed by atoms with Crippen molar-refractivity contribution < 1.29 is 9.35 Å². The van der Waals surface area contributed by atoms with E-state index in [2.05, 4.69) is 5.32 Å². The second kappa shape index (κ2) is 5.43. The molecule has 0 bridgehead atoms. The summed E-state index contributed by atoms with van der Waals surface area (Å²) in [6.07, 6.45) is 1.64. The van der Waals surface area contributed by atoms with Gasteiger partial charge in [0.15, 0.2) is 0 Å². The SMILES string of the molecule is CC(C[S+](C)[O-])NC(=O)C(C)C. The van der Waals surface area contributed by atoms with Crippen molar-refractivity contribution >= 4 is 17.1 Å². The van der Waals surface area contributed by atoms with Crippen LogP contribution in [-0.4, -0.2) is 28.5 Å². The van der Waals surface area contributed by atoms with Crippen molar-refractivity contribution in [3.63, 3.8) is 0 Å². The zero-order chi connectivity index (χ0) is 9.72. The number of hydrogen-bond acceptors (Lipinski definition) is 2. The number of carbonyl (C=O) groups excluding carboxylic acids is 1. The van der Waals surface area contributed by atoms with Gasteiger partial charge in [0.2, 0.25) is 5.91 Å². The Balaban J connectivity index is 3.69. The zero-order valence-corrected chi connectivity index (χ0v) is 8.90. The lowest BCUT2D eigenvalue weighted by atomic mass is 10.2. The molecule has 0 heterocycles. The lowest BCUT2D eigenvalue weighted by Gasteiger charge is -2.15. The molecule has 0 rings (SSSR count). The summed E-state index contributed by atoms with van der Waals surface area (Å²) >= 11 is -0.840. The third-order valence-electron chi connectivity index (χ3n) is 1.40. The molecule has 0 aliphatic rings. The summed E-state index contributed by atoms with van der Waals surface area (Å²) in [7, 11) is 0. The van der Waals surface area contributed by atoms with Gasteiger partial charge < -0.3 is 9.87 Å². The highest BCUT2D eigenvalue weighted by atomic mass is 32.2. The van der Waals surface area contributed by atoms with Gasteiger partial charge in [0.25, 0.3) is 0 Å². The lowest BCUT2D eigenvalue weighted by Crippen LogP contribution is -2.39. The van der Waals surface area contributed by atoms with Gasteiger partial charge in [-0.15, -0.1) is 0 Å². The van der Waals surface area contributed by atoms with Crippen LogP contribution in [0.3, 0.4) is 0 Å². The van der Waals surface area contributed by atoms with Crippen LogP contribution in [0.1, 0.15) is 20.8 Å². The van der Waals surface area contributed by atoms with Gasteiger partial charge in [-0.05, 0) is 6.92 Å². The normalized spacial score (nSPS) is 15.8. The van der Waals surface area contributed by atoms with Gasteiger partial charge in [-0.3, -0.25) is 4.79 Å². The van der Waals surface area contributed by atoms with Crippen molar-refractivity contribution in [2.45, 2.75) is 26.8 Å². The zero-order valence-electron chi connectivity index (χ0n) is 8.09. The van der Waals surface area contributed by atoms with E-state index in [9.17, 15) is 9.35 Å². The van der Waals surface area contributed by atoms with Crippen LogP contribution in [0.4, 0.5) is 0 Å². The molecule has 0 saturated carbocycles. The van der Waals surface area contributed by atoms with Gasteiger partial charge in [0, 0.05) is 5.92 Å². The molecule has 0 aliphatic heterocycles. The molecule has 72 valence electrons. The van der Waals surface area contributed by atoms with Crippen LogP contribution >= 0.6 is 0 Å². The van der Waals surface area contributed by atoms with Crippen molar-refractivity contribution in [3.05, 3.63) is 0 Å². The monoisotopic (exact) mass is 191 g/mol. The summed E-state index contributed by atoms with van der Waals surface area (Å²) in [5.41, 5.74) is 0. The van der Waals surface area contributed by atoms with Crippen LogP contribution in [-0.2, 0) is 16.0 Å². The number of amides is 1. The van der Waals surface area contributed by atoms with Gasteiger partial charge in [-0.25, -0.2) is 0 Å². The maximum absolute atomic E-state index is 11.1. The molecular formula is C8H17NO2S. The van der Waals surface area contributed by atoms with Crippen LogP contribution in [0.15, 0.2) is 0 Å². The fraction of sp³-hybridized carbons (Fsp3) is 0.875. The van der Waals surface area contributed by atoms with Gasteiger partial charge >= 0.3 is 0 Å². The van der Waals surface area contributed by atoms with Crippen LogP contribution in [0.2, 0.25) is 0 Å². The Kier molecular flexibility index (Phi) is 5.33. The minimum atomic E-state index is -0.840. The molecule has 0 radical (unpaired) electrons. The molecule has 1 N–H and O–H groups in total.